The van der Waals surface area contributed by atoms with Crippen LogP contribution < -0.4 is 9.47 Å². The number of ether oxygens (including phenoxy) is 3. The maximum Gasteiger partial charge on any atom is 0.586 e. The average molecular weight is 355 g/mol. The molecule has 0 atom stereocenters. The van der Waals surface area contributed by atoms with Crippen LogP contribution in [0.15, 0.2) is 18.2 Å². The van der Waals surface area contributed by atoms with Crippen molar-refractivity contribution < 1.29 is 27.8 Å². The number of likely N-dealkylation sites (tertiary alicyclic amines) is 1. The molecule has 0 aliphatic carbocycles. The number of halogens is 2. The van der Waals surface area contributed by atoms with Crippen LogP contribution in [0, 0.1) is 5.92 Å². The zero-order valence-electron chi connectivity index (χ0n) is 14.7. The van der Waals surface area contributed by atoms with Gasteiger partial charge in [-0.2, -0.15) is 0 Å². The minimum absolute atomic E-state index is 0.0634. The van der Waals surface area contributed by atoms with Gasteiger partial charge in [0.2, 0.25) is 0 Å². The molecule has 2 aliphatic heterocycles. The number of carbonyl (C=O) groups is 1. The fourth-order valence-electron chi connectivity index (χ4n) is 3.10. The van der Waals surface area contributed by atoms with Crippen LogP contribution in [0.5, 0.6) is 11.5 Å². The highest BCUT2D eigenvalue weighted by atomic mass is 19.3. The molecule has 1 fully saturated rings. The highest BCUT2D eigenvalue weighted by molar-refractivity contribution is 5.68. The number of hydrogen-bond acceptors (Lipinski definition) is 4. The average Bonchev–Trinajstić information content (AvgIpc) is 2.79. The number of alkyl halides is 2. The Balaban J connectivity index is 1.53. The van der Waals surface area contributed by atoms with Crippen LogP contribution in [0.1, 0.15) is 39.2 Å². The predicted octanol–water partition coefficient (Wildman–Crippen LogP) is 4.20. The van der Waals surface area contributed by atoms with E-state index in [0.717, 1.165) is 24.8 Å². The summed E-state index contributed by atoms with van der Waals surface area (Å²) >= 11 is 0. The molecule has 1 aromatic carbocycles. The van der Waals surface area contributed by atoms with Gasteiger partial charge in [-0.05, 0) is 63.6 Å². The van der Waals surface area contributed by atoms with Crippen molar-refractivity contribution in [3.05, 3.63) is 23.8 Å². The van der Waals surface area contributed by atoms with Crippen LogP contribution in [0.3, 0.4) is 0 Å². The van der Waals surface area contributed by atoms with E-state index in [2.05, 4.69) is 9.47 Å². The Morgan fingerprint density at radius 1 is 1.24 bits per heavy atom. The van der Waals surface area contributed by atoms with Crippen LogP contribution in [0.4, 0.5) is 13.6 Å². The first kappa shape index (κ1) is 17.8. The smallest absolute Gasteiger partial charge is 0.444 e. The number of amides is 1. The molecule has 3 rings (SSSR count). The van der Waals surface area contributed by atoms with Crippen LogP contribution >= 0.6 is 0 Å². The molecule has 0 spiro atoms. The lowest BCUT2D eigenvalue weighted by molar-refractivity contribution is -0.286. The Bertz CT molecular complexity index is 649. The monoisotopic (exact) mass is 355 g/mol. The summed E-state index contributed by atoms with van der Waals surface area (Å²) < 4.78 is 40.4. The lowest BCUT2D eigenvalue weighted by Gasteiger charge is -2.33. The van der Waals surface area contributed by atoms with Crippen molar-refractivity contribution in [3.8, 4) is 11.5 Å². The number of fused-ring (bicyclic) bond motifs is 1. The number of carbonyl (C=O) groups excluding carboxylic acids is 1. The van der Waals surface area contributed by atoms with Gasteiger partial charge in [-0.3, -0.25) is 0 Å². The summed E-state index contributed by atoms with van der Waals surface area (Å²) in [5.74, 6) is 0.529. The van der Waals surface area contributed by atoms with E-state index < -0.39 is 11.9 Å². The standard InChI is InChI=1S/C18H23F2NO4/c1-17(2,3)25-16(22)21-8-6-12(7-9-21)10-13-4-5-14-15(11-13)24-18(19,20)23-14/h4-5,11-12H,6-10H2,1-3H3. The lowest BCUT2D eigenvalue weighted by atomic mass is 9.90. The molecule has 2 aliphatic rings. The molecule has 0 radical (unpaired) electrons. The molecule has 1 saturated heterocycles. The summed E-state index contributed by atoms with van der Waals surface area (Å²) in [6, 6.07) is 4.90. The van der Waals surface area contributed by atoms with Crippen molar-refractivity contribution in [3.63, 3.8) is 0 Å². The lowest BCUT2D eigenvalue weighted by Crippen LogP contribution is -2.42. The maximum absolute atomic E-state index is 13.1. The fourth-order valence-corrected chi connectivity index (χ4v) is 3.10. The Morgan fingerprint density at radius 3 is 2.52 bits per heavy atom. The summed E-state index contributed by atoms with van der Waals surface area (Å²) in [6.45, 7) is 6.83. The van der Waals surface area contributed by atoms with Crippen molar-refractivity contribution >= 4 is 6.09 Å². The van der Waals surface area contributed by atoms with Crippen LogP contribution in [0.25, 0.3) is 0 Å². The third kappa shape index (κ3) is 4.52. The number of piperidine rings is 1. The van der Waals surface area contributed by atoms with E-state index >= 15 is 0 Å². The number of hydrogen-bond donors (Lipinski definition) is 0. The number of rotatable bonds is 2. The van der Waals surface area contributed by atoms with Crippen LogP contribution in [-0.2, 0) is 11.2 Å². The maximum atomic E-state index is 13.1. The molecule has 1 amide bonds. The molecular formula is C18H23F2NO4. The Labute approximate surface area is 145 Å². The Kier molecular flexibility index (Phi) is 4.51. The van der Waals surface area contributed by atoms with Gasteiger partial charge in [-0.25, -0.2) is 4.79 Å². The minimum atomic E-state index is -3.58. The van der Waals surface area contributed by atoms with E-state index in [1.54, 1.807) is 17.0 Å². The second-order valence-electron chi connectivity index (χ2n) is 7.56. The first-order valence-corrected chi connectivity index (χ1v) is 8.48. The first-order chi connectivity index (χ1) is 11.6. The fraction of sp³-hybridized carbons (Fsp3) is 0.611. The second-order valence-corrected chi connectivity index (χ2v) is 7.56. The molecule has 5 nitrogen and oxygen atoms in total. The molecule has 0 aromatic heterocycles. The number of nitrogens with zero attached hydrogens (tertiary/aromatic N) is 1. The van der Waals surface area contributed by atoms with Gasteiger partial charge >= 0.3 is 12.4 Å². The summed E-state index contributed by atoms with van der Waals surface area (Å²) in [7, 11) is 0. The summed E-state index contributed by atoms with van der Waals surface area (Å²) in [6.07, 6.45) is -1.41. The van der Waals surface area contributed by atoms with Crippen molar-refractivity contribution in [2.45, 2.75) is 51.9 Å². The SMILES string of the molecule is CC(C)(C)OC(=O)N1CCC(Cc2ccc3c(c2)OC(F)(F)O3)CC1. The van der Waals surface area contributed by atoms with Gasteiger partial charge in [0.15, 0.2) is 11.5 Å². The van der Waals surface area contributed by atoms with E-state index in [9.17, 15) is 13.6 Å². The topological polar surface area (TPSA) is 48.0 Å². The zero-order chi connectivity index (χ0) is 18.2. The molecule has 138 valence electrons. The highest BCUT2D eigenvalue weighted by Gasteiger charge is 2.43. The van der Waals surface area contributed by atoms with Gasteiger partial charge in [0.1, 0.15) is 5.60 Å². The third-order valence-corrected chi connectivity index (χ3v) is 4.26. The van der Waals surface area contributed by atoms with Gasteiger partial charge in [-0.1, -0.05) is 6.07 Å². The minimum Gasteiger partial charge on any atom is -0.444 e. The molecule has 0 unspecified atom stereocenters. The highest BCUT2D eigenvalue weighted by Crippen LogP contribution is 2.41. The Morgan fingerprint density at radius 2 is 1.88 bits per heavy atom. The van der Waals surface area contributed by atoms with E-state index in [4.69, 9.17) is 4.74 Å². The second kappa shape index (κ2) is 6.35. The quantitative estimate of drug-likeness (QED) is 0.798. The van der Waals surface area contributed by atoms with Crippen LogP contribution in [0.2, 0.25) is 0 Å². The molecule has 0 bridgehead atoms. The Hall–Kier alpha value is -2.05. The van der Waals surface area contributed by atoms with E-state index in [0.29, 0.717) is 19.0 Å². The molecular weight excluding hydrogens is 332 g/mol. The first-order valence-electron chi connectivity index (χ1n) is 8.48. The molecule has 2 heterocycles. The summed E-state index contributed by atoms with van der Waals surface area (Å²) in [4.78, 5) is 13.8. The summed E-state index contributed by atoms with van der Waals surface area (Å²) in [5, 5.41) is 0. The molecule has 0 N–H and O–H groups in total. The van der Waals surface area contributed by atoms with Gasteiger partial charge < -0.3 is 19.1 Å². The van der Waals surface area contributed by atoms with E-state index in [1.807, 2.05) is 20.8 Å². The van der Waals surface area contributed by atoms with E-state index in [-0.39, 0.29) is 17.6 Å². The molecule has 7 heteroatoms. The van der Waals surface area contributed by atoms with Crippen molar-refractivity contribution in [2.24, 2.45) is 5.92 Å². The van der Waals surface area contributed by atoms with Gasteiger partial charge in [0.25, 0.3) is 0 Å². The van der Waals surface area contributed by atoms with Crippen LogP contribution in [-0.4, -0.2) is 36.0 Å². The predicted molar refractivity (Wildman–Crippen MR) is 86.9 cm³/mol. The molecule has 0 saturated carbocycles. The van der Waals surface area contributed by atoms with Crippen molar-refractivity contribution in [1.29, 1.82) is 0 Å². The summed E-state index contributed by atoms with van der Waals surface area (Å²) in [5.41, 5.74) is 0.429. The molecule has 25 heavy (non-hydrogen) atoms. The zero-order valence-corrected chi connectivity index (χ0v) is 14.7. The normalized spacial score (nSPS) is 19.8. The third-order valence-electron chi connectivity index (χ3n) is 4.26. The van der Waals surface area contributed by atoms with Crippen molar-refractivity contribution in [1.82, 2.24) is 4.90 Å². The number of benzene rings is 1. The largest absolute Gasteiger partial charge is 0.586 e. The van der Waals surface area contributed by atoms with Gasteiger partial charge in [-0.15, -0.1) is 8.78 Å². The van der Waals surface area contributed by atoms with Gasteiger partial charge in [0.05, 0.1) is 0 Å². The van der Waals surface area contributed by atoms with E-state index in [1.165, 1.54) is 6.07 Å². The van der Waals surface area contributed by atoms with Gasteiger partial charge in [0, 0.05) is 13.1 Å². The van der Waals surface area contributed by atoms with Crippen molar-refractivity contribution in [2.75, 3.05) is 13.1 Å². The molecule has 1 aromatic rings.